The van der Waals surface area contributed by atoms with Gasteiger partial charge in [-0.1, -0.05) is 23.7 Å². The molecule has 0 bridgehead atoms. The van der Waals surface area contributed by atoms with Gasteiger partial charge in [-0.15, -0.1) is 0 Å². The Morgan fingerprint density at radius 2 is 1.94 bits per heavy atom. The monoisotopic (exact) mass is 259 g/mol. The summed E-state index contributed by atoms with van der Waals surface area (Å²) in [7, 11) is 0. The number of nitrogens with zero attached hydrogens (tertiary/aromatic N) is 1. The summed E-state index contributed by atoms with van der Waals surface area (Å²) in [5.41, 5.74) is 2.00. The lowest BCUT2D eigenvalue weighted by Gasteiger charge is -2.06. The summed E-state index contributed by atoms with van der Waals surface area (Å²) in [5.74, 6) is -0.214. The molecule has 1 nitrogen and oxygen atoms in total. The molecule has 0 N–H and O–H groups in total. The number of aromatic nitrogens is 1. The van der Waals surface area contributed by atoms with Crippen LogP contribution in [0, 0.1) is 5.82 Å². The summed E-state index contributed by atoms with van der Waals surface area (Å²) in [6.45, 7) is 0.688. The lowest BCUT2D eigenvalue weighted by molar-refractivity contribution is 0.628. The third-order valence-corrected chi connectivity index (χ3v) is 3.21. The van der Waals surface area contributed by atoms with Gasteiger partial charge in [-0.25, -0.2) is 4.39 Å². The molecule has 0 fully saturated rings. The van der Waals surface area contributed by atoms with Crippen molar-refractivity contribution in [2.75, 3.05) is 0 Å². The zero-order valence-corrected chi connectivity index (χ0v) is 10.4. The van der Waals surface area contributed by atoms with Crippen LogP contribution in [0.5, 0.6) is 0 Å². The van der Waals surface area contributed by atoms with Gasteiger partial charge >= 0.3 is 0 Å². The van der Waals surface area contributed by atoms with Gasteiger partial charge in [0.15, 0.2) is 0 Å². The van der Waals surface area contributed by atoms with Gasteiger partial charge in [0.2, 0.25) is 0 Å². The Morgan fingerprint density at radius 1 is 1.06 bits per heavy atom. The molecule has 0 aliphatic heterocycles. The van der Waals surface area contributed by atoms with Crippen molar-refractivity contribution in [2.24, 2.45) is 0 Å². The first-order valence-electron chi connectivity index (χ1n) is 5.71. The van der Waals surface area contributed by atoms with Gasteiger partial charge in [-0.2, -0.15) is 0 Å². The molecule has 1 heterocycles. The number of benzene rings is 2. The van der Waals surface area contributed by atoms with Gasteiger partial charge in [-0.3, -0.25) is 0 Å². The first-order chi connectivity index (χ1) is 8.72. The third kappa shape index (κ3) is 2.12. The van der Waals surface area contributed by atoms with Crippen molar-refractivity contribution in [3.05, 3.63) is 71.1 Å². The Morgan fingerprint density at radius 3 is 2.78 bits per heavy atom. The van der Waals surface area contributed by atoms with Crippen LogP contribution in [0.3, 0.4) is 0 Å². The fourth-order valence-electron chi connectivity index (χ4n) is 2.13. The highest BCUT2D eigenvalue weighted by Crippen LogP contribution is 2.19. The standard InChI is InChI=1S/C15H11ClFN/c16-13-3-1-2-11(8-13)10-18-7-6-12-4-5-14(17)9-15(12)18/h1-9H,10H2. The molecule has 2 aromatic carbocycles. The van der Waals surface area contributed by atoms with Crippen LogP contribution in [0.4, 0.5) is 4.39 Å². The lowest BCUT2D eigenvalue weighted by Crippen LogP contribution is -1.97. The molecule has 18 heavy (non-hydrogen) atoms. The number of rotatable bonds is 2. The molecule has 0 saturated carbocycles. The molecule has 0 aliphatic rings. The van der Waals surface area contributed by atoms with Crippen LogP contribution in [-0.2, 0) is 6.54 Å². The van der Waals surface area contributed by atoms with Crippen LogP contribution in [-0.4, -0.2) is 4.57 Å². The zero-order valence-electron chi connectivity index (χ0n) is 9.61. The highest BCUT2D eigenvalue weighted by atomic mass is 35.5. The van der Waals surface area contributed by atoms with E-state index in [1.54, 1.807) is 12.1 Å². The van der Waals surface area contributed by atoms with E-state index >= 15 is 0 Å². The summed E-state index contributed by atoms with van der Waals surface area (Å²) in [6, 6.07) is 14.5. The van der Waals surface area contributed by atoms with Gasteiger partial charge in [-0.05, 0) is 47.3 Å². The van der Waals surface area contributed by atoms with Crippen molar-refractivity contribution in [1.29, 1.82) is 0 Å². The molecule has 0 radical (unpaired) electrons. The van der Waals surface area contributed by atoms with E-state index in [2.05, 4.69) is 0 Å². The normalized spacial score (nSPS) is 11.0. The molecule has 3 aromatic rings. The fourth-order valence-corrected chi connectivity index (χ4v) is 2.34. The average molecular weight is 260 g/mol. The summed E-state index contributed by atoms with van der Waals surface area (Å²) < 4.78 is 15.3. The Labute approximate surface area is 109 Å². The SMILES string of the molecule is Fc1ccc2ccn(Cc3cccc(Cl)c3)c2c1. The molecule has 0 atom stereocenters. The van der Waals surface area contributed by atoms with E-state index in [1.165, 1.54) is 6.07 Å². The van der Waals surface area contributed by atoms with Gasteiger partial charge in [0, 0.05) is 17.8 Å². The van der Waals surface area contributed by atoms with Crippen LogP contribution >= 0.6 is 11.6 Å². The lowest BCUT2D eigenvalue weighted by atomic mass is 10.2. The average Bonchev–Trinajstić information content (AvgIpc) is 2.72. The molecular weight excluding hydrogens is 249 g/mol. The van der Waals surface area contributed by atoms with Crippen molar-refractivity contribution in [3.8, 4) is 0 Å². The van der Waals surface area contributed by atoms with E-state index in [4.69, 9.17) is 11.6 Å². The molecular formula is C15H11ClFN. The zero-order chi connectivity index (χ0) is 12.5. The summed E-state index contributed by atoms with van der Waals surface area (Å²) >= 11 is 5.96. The summed E-state index contributed by atoms with van der Waals surface area (Å²) in [6.07, 6.45) is 1.96. The van der Waals surface area contributed by atoms with E-state index < -0.39 is 0 Å². The Kier molecular flexibility index (Phi) is 2.80. The molecule has 0 spiro atoms. The quantitative estimate of drug-likeness (QED) is 0.639. The van der Waals surface area contributed by atoms with E-state index in [-0.39, 0.29) is 5.82 Å². The van der Waals surface area contributed by atoms with Crippen molar-refractivity contribution >= 4 is 22.5 Å². The highest BCUT2D eigenvalue weighted by Gasteiger charge is 2.03. The highest BCUT2D eigenvalue weighted by molar-refractivity contribution is 6.30. The van der Waals surface area contributed by atoms with Crippen LogP contribution in [0.1, 0.15) is 5.56 Å². The smallest absolute Gasteiger partial charge is 0.125 e. The van der Waals surface area contributed by atoms with Gasteiger partial charge in [0.1, 0.15) is 5.82 Å². The fraction of sp³-hybridized carbons (Fsp3) is 0.0667. The van der Waals surface area contributed by atoms with Crippen molar-refractivity contribution in [3.63, 3.8) is 0 Å². The van der Waals surface area contributed by atoms with Gasteiger partial charge in [0.25, 0.3) is 0 Å². The van der Waals surface area contributed by atoms with Crippen LogP contribution in [0.25, 0.3) is 10.9 Å². The molecule has 0 amide bonds. The first kappa shape index (κ1) is 11.3. The Bertz CT molecular complexity index is 703. The molecule has 1 aromatic heterocycles. The molecule has 0 unspecified atom stereocenters. The second kappa shape index (κ2) is 4.46. The Balaban J connectivity index is 2.02. The van der Waals surface area contributed by atoms with Crippen molar-refractivity contribution < 1.29 is 4.39 Å². The maximum absolute atomic E-state index is 13.3. The second-order valence-electron chi connectivity index (χ2n) is 4.28. The minimum absolute atomic E-state index is 0.214. The van der Waals surface area contributed by atoms with E-state index in [1.807, 2.05) is 41.1 Å². The molecule has 0 aliphatic carbocycles. The van der Waals surface area contributed by atoms with Gasteiger partial charge in [0.05, 0.1) is 5.52 Å². The molecule has 3 heteroatoms. The number of hydrogen-bond donors (Lipinski definition) is 0. The van der Waals surface area contributed by atoms with Crippen LogP contribution in [0.15, 0.2) is 54.7 Å². The summed E-state index contributed by atoms with van der Waals surface area (Å²) in [4.78, 5) is 0. The molecule has 0 saturated heterocycles. The maximum Gasteiger partial charge on any atom is 0.125 e. The number of hydrogen-bond acceptors (Lipinski definition) is 0. The minimum Gasteiger partial charge on any atom is -0.343 e. The van der Waals surface area contributed by atoms with E-state index in [9.17, 15) is 4.39 Å². The summed E-state index contributed by atoms with van der Waals surface area (Å²) in [5, 5.41) is 1.76. The van der Waals surface area contributed by atoms with E-state index in [0.717, 1.165) is 21.5 Å². The number of halogens is 2. The third-order valence-electron chi connectivity index (χ3n) is 2.98. The predicted octanol–water partition coefficient (Wildman–Crippen LogP) is 4.48. The first-order valence-corrected chi connectivity index (χ1v) is 6.09. The second-order valence-corrected chi connectivity index (χ2v) is 4.71. The maximum atomic E-state index is 13.3. The molecule has 90 valence electrons. The van der Waals surface area contributed by atoms with Crippen LogP contribution in [0.2, 0.25) is 5.02 Å². The Hall–Kier alpha value is -1.80. The largest absolute Gasteiger partial charge is 0.343 e. The van der Waals surface area contributed by atoms with Gasteiger partial charge < -0.3 is 4.57 Å². The topological polar surface area (TPSA) is 4.93 Å². The van der Waals surface area contributed by atoms with Crippen molar-refractivity contribution in [1.82, 2.24) is 4.57 Å². The minimum atomic E-state index is -0.214. The predicted molar refractivity (Wildman–Crippen MR) is 72.5 cm³/mol. The van der Waals surface area contributed by atoms with Crippen molar-refractivity contribution in [2.45, 2.75) is 6.54 Å². The van der Waals surface area contributed by atoms with Crippen LogP contribution < -0.4 is 0 Å². The molecule has 3 rings (SSSR count). The number of fused-ring (bicyclic) bond motifs is 1. The van der Waals surface area contributed by atoms with E-state index in [0.29, 0.717) is 6.54 Å².